The average Bonchev–Trinajstić information content (AvgIpc) is 2.30. The van der Waals surface area contributed by atoms with Crippen molar-refractivity contribution >= 4 is 11.7 Å². The molecule has 0 spiro atoms. The molecule has 1 atom stereocenters. The number of anilines is 1. The minimum absolute atomic E-state index is 0.350. The number of nitrogens with two attached hydrogens (primary N) is 2. The van der Waals surface area contributed by atoms with Crippen molar-refractivity contribution in [2.75, 3.05) is 12.8 Å². The number of hydrogen-bond donors (Lipinski definition) is 2. The summed E-state index contributed by atoms with van der Waals surface area (Å²) in [6, 6.07) is 7.20. The minimum atomic E-state index is -0.515. The molecule has 0 aliphatic rings. The van der Waals surface area contributed by atoms with Crippen LogP contribution in [-0.2, 0) is 16.0 Å². The molecule has 0 heterocycles. The predicted molar refractivity (Wildman–Crippen MR) is 63.8 cm³/mol. The van der Waals surface area contributed by atoms with Crippen LogP contribution in [0.25, 0.3) is 0 Å². The second kappa shape index (κ2) is 6.12. The lowest BCUT2D eigenvalue weighted by Crippen LogP contribution is -2.31. The fraction of sp³-hybridized carbons (Fsp3) is 0.417. The van der Waals surface area contributed by atoms with E-state index < -0.39 is 6.04 Å². The fourth-order valence-corrected chi connectivity index (χ4v) is 1.48. The SMILES string of the molecule is COC(=O)C(N)CCCc1ccc(N)cc1. The first-order chi connectivity index (χ1) is 7.63. The van der Waals surface area contributed by atoms with Gasteiger partial charge in [0.1, 0.15) is 6.04 Å². The fourth-order valence-electron chi connectivity index (χ4n) is 1.48. The number of methoxy groups -OCH3 is 1. The monoisotopic (exact) mass is 222 g/mol. The van der Waals surface area contributed by atoms with E-state index in [1.54, 1.807) is 0 Å². The topological polar surface area (TPSA) is 78.3 Å². The summed E-state index contributed by atoms with van der Waals surface area (Å²) in [5, 5.41) is 0. The van der Waals surface area contributed by atoms with Gasteiger partial charge in [0.05, 0.1) is 7.11 Å². The maximum absolute atomic E-state index is 11.0. The van der Waals surface area contributed by atoms with E-state index in [0.717, 1.165) is 18.5 Å². The molecule has 0 radical (unpaired) electrons. The molecule has 0 amide bonds. The van der Waals surface area contributed by atoms with Crippen LogP contribution >= 0.6 is 0 Å². The summed E-state index contributed by atoms with van der Waals surface area (Å²) in [5.74, 6) is -0.350. The molecule has 16 heavy (non-hydrogen) atoms. The predicted octanol–water partition coefficient (Wildman–Crippen LogP) is 1.09. The molecule has 88 valence electrons. The van der Waals surface area contributed by atoms with Crippen molar-refractivity contribution in [3.63, 3.8) is 0 Å². The molecule has 1 rings (SSSR count). The molecule has 1 aromatic carbocycles. The van der Waals surface area contributed by atoms with Crippen LogP contribution in [0.1, 0.15) is 18.4 Å². The number of esters is 1. The first-order valence-corrected chi connectivity index (χ1v) is 5.31. The Morgan fingerprint density at radius 3 is 2.56 bits per heavy atom. The summed E-state index contributed by atoms with van der Waals surface area (Å²) in [7, 11) is 1.35. The summed E-state index contributed by atoms with van der Waals surface area (Å²) in [4.78, 5) is 11.0. The molecule has 4 heteroatoms. The number of ether oxygens (including phenoxy) is 1. The van der Waals surface area contributed by atoms with Crippen molar-refractivity contribution in [3.05, 3.63) is 29.8 Å². The number of carbonyl (C=O) groups excluding carboxylic acids is 1. The molecule has 1 aromatic rings. The van der Waals surface area contributed by atoms with Crippen LogP contribution in [0.4, 0.5) is 5.69 Å². The Labute approximate surface area is 95.6 Å². The normalized spacial score (nSPS) is 12.1. The zero-order valence-corrected chi connectivity index (χ0v) is 9.48. The van der Waals surface area contributed by atoms with Gasteiger partial charge in [0.25, 0.3) is 0 Å². The molecule has 1 unspecified atom stereocenters. The van der Waals surface area contributed by atoms with Gasteiger partial charge >= 0.3 is 5.97 Å². The Hall–Kier alpha value is -1.55. The molecule has 0 saturated heterocycles. The van der Waals surface area contributed by atoms with Crippen molar-refractivity contribution < 1.29 is 9.53 Å². The number of benzene rings is 1. The molecule has 4 nitrogen and oxygen atoms in total. The van der Waals surface area contributed by atoms with E-state index in [4.69, 9.17) is 11.5 Å². The van der Waals surface area contributed by atoms with E-state index in [9.17, 15) is 4.79 Å². The Morgan fingerprint density at radius 1 is 1.38 bits per heavy atom. The second-order valence-electron chi connectivity index (χ2n) is 3.76. The van der Waals surface area contributed by atoms with Crippen molar-refractivity contribution in [1.29, 1.82) is 0 Å². The van der Waals surface area contributed by atoms with Crippen molar-refractivity contribution in [2.45, 2.75) is 25.3 Å². The Balaban J connectivity index is 2.30. The first-order valence-electron chi connectivity index (χ1n) is 5.31. The minimum Gasteiger partial charge on any atom is -0.468 e. The van der Waals surface area contributed by atoms with E-state index >= 15 is 0 Å². The van der Waals surface area contributed by atoms with Gasteiger partial charge < -0.3 is 16.2 Å². The molecule has 0 fully saturated rings. The standard InChI is InChI=1S/C12H18N2O2/c1-16-12(15)11(14)4-2-3-9-5-7-10(13)8-6-9/h5-8,11H,2-4,13-14H2,1H3. The van der Waals surface area contributed by atoms with E-state index in [2.05, 4.69) is 4.74 Å². The van der Waals surface area contributed by atoms with Crippen molar-refractivity contribution in [1.82, 2.24) is 0 Å². The molecular formula is C12H18N2O2. The van der Waals surface area contributed by atoms with Crippen molar-refractivity contribution in [3.8, 4) is 0 Å². The van der Waals surface area contributed by atoms with Gasteiger partial charge in [0, 0.05) is 5.69 Å². The van der Waals surface area contributed by atoms with Gasteiger partial charge in [-0.05, 0) is 37.0 Å². The number of carbonyl (C=O) groups is 1. The van der Waals surface area contributed by atoms with Gasteiger partial charge in [-0.3, -0.25) is 4.79 Å². The van der Waals surface area contributed by atoms with Gasteiger partial charge in [0.15, 0.2) is 0 Å². The highest BCUT2D eigenvalue weighted by molar-refractivity contribution is 5.75. The molecule has 4 N–H and O–H groups in total. The Kier molecular flexibility index (Phi) is 4.79. The summed E-state index contributed by atoms with van der Waals surface area (Å²) < 4.78 is 4.55. The lowest BCUT2D eigenvalue weighted by Gasteiger charge is -2.08. The van der Waals surface area contributed by atoms with E-state index in [-0.39, 0.29) is 5.97 Å². The van der Waals surface area contributed by atoms with Gasteiger partial charge in [-0.15, -0.1) is 0 Å². The lowest BCUT2D eigenvalue weighted by atomic mass is 10.0. The highest BCUT2D eigenvalue weighted by Crippen LogP contribution is 2.09. The van der Waals surface area contributed by atoms with Gasteiger partial charge in [-0.1, -0.05) is 12.1 Å². The third-order valence-corrected chi connectivity index (χ3v) is 2.46. The number of nitrogen functional groups attached to an aromatic ring is 1. The van der Waals surface area contributed by atoms with Gasteiger partial charge in [-0.25, -0.2) is 0 Å². The maximum Gasteiger partial charge on any atom is 0.322 e. The van der Waals surface area contributed by atoms with Crippen LogP contribution in [-0.4, -0.2) is 19.1 Å². The maximum atomic E-state index is 11.0. The highest BCUT2D eigenvalue weighted by Gasteiger charge is 2.12. The second-order valence-corrected chi connectivity index (χ2v) is 3.76. The molecule has 0 bridgehead atoms. The van der Waals surface area contributed by atoms with Crippen molar-refractivity contribution in [2.24, 2.45) is 5.73 Å². The van der Waals surface area contributed by atoms with Crippen LogP contribution in [0.3, 0.4) is 0 Å². The largest absolute Gasteiger partial charge is 0.468 e. The van der Waals surface area contributed by atoms with Crippen LogP contribution in [0.5, 0.6) is 0 Å². The lowest BCUT2D eigenvalue weighted by molar-refractivity contribution is -0.142. The average molecular weight is 222 g/mol. The quantitative estimate of drug-likeness (QED) is 0.577. The van der Waals surface area contributed by atoms with E-state index in [1.165, 1.54) is 12.7 Å². The van der Waals surface area contributed by atoms with Gasteiger partial charge in [0.2, 0.25) is 0 Å². The molecular weight excluding hydrogens is 204 g/mol. The molecule has 0 aliphatic carbocycles. The smallest absolute Gasteiger partial charge is 0.322 e. The van der Waals surface area contributed by atoms with Gasteiger partial charge in [-0.2, -0.15) is 0 Å². The zero-order chi connectivity index (χ0) is 12.0. The summed E-state index contributed by atoms with van der Waals surface area (Å²) >= 11 is 0. The van der Waals surface area contributed by atoms with E-state index in [1.807, 2.05) is 24.3 Å². The van der Waals surface area contributed by atoms with Crippen LogP contribution < -0.4 is 11.5 Å². The Bertz CT molecular complexity index is 335. The van der Waals surface area contributed by atoms with E-state index in [0.29, 0.717) is 6.42 Å². The van der Waals surface area contributed by atoms with Crippen LogP contribution in [0, 0.1) is 0 Å². The first kappa shape index (κ1) is 12.5. The number of hydrogen-bond acceptors (Lipinski definition) is 4. The zero-order valence-electron chi connectivity index (χ0n) is 9.48. The summed E-state index contributed by atoms with van der Waals surface area (Å²) in [6.45, 7) is 0. The summed E-state index contributed by atoms with van der Waals surface area (Å²) in [5.41, 5.74) is 13.2. The third-order valence-electron chi connectivity index (χ3n) is 2.46. The third kappa shape index (κ3) is 3.90. The summed E-state index contributed by atoms with van der Waals surface area (Å²) in [6.07, 6.45) is 2.39. The number of aryl methyl sites for hydroxylation is 1. The Morgan fingerprint density at radius 2 is 2.00 bits per heavy atom. The number of rotatable bonds is 5. The van der Waals surface area contributed by atoms with Crippen LogP contribution in [0.2, 0.25) is 0 Å². The molecule has 0 aromatic heterocycles. The highest BCUT2D eigenvalue weighted by atomic mass is 16.5. The molecule has 0 aliphatic heterocycles. The molecule has 0 saturated carbocycles. The van der Waals surface area contributed by atoms with Crippen LogP contribution in [0.15, 0.2) is 24.3 Å².